The van der Waals surface area contributed by atoms with Crippen LogP contribution in [0, 0.1) is 27.7 Å². The second kappa shape index (κ2) is 8.53. The number of aromatic nitrogens is 1. The van der Waals surface area contributed by atoms with E-state index in [0.29, 0.717) is 17.0 Å². The third-order valence-corrected chi connectivity index (χ3v) is 5.11. The van der Waals surface area contributed by atoms with E-state index in [2.05, 4.69) is 10.3 Å². The number of hydrogen-bond acceptors (Lipinski definition) is 4. The molecule has 0 saturated heterocycles. The molecular weight excluding hydrogens is 378 g/mol. The summed E-state index contributed by atoms with van der Waals surface area (Å²) < 4.78 is 5.23. The summed E-state index contributed by atoms with van der Waals surface area (Å²) in [4.78, 5) is 31.5. The minimum absolute atomic E-state index is 0.0499. The van der Waals surface area contributed by atoms with Gasteiger partial charge in [-0.2, -0.15) is 0 Å². The Bertz CT molecular complexity index is 1110. The van der Waals surface area contributed by atoms with Gasteiger partial charge in [0.25, 0.3) is 5.91 Å². The van der Waals surface area contributed by atoms with Crippen molar-refractivity contribution in [2.45, 2.75) is 27.7 Å². The lowest BCUT2D eigenvalue weighted by molar-refractivity contribution is -0.116. The normalized spacial score (nSPS) is 10.7. The number of carbonyl (C=O) groups excluding carboxylic acids is 2. The lowest BCUT2D eigenvalue weighted by atomic mass is 10.1. The first kappa shape index (κ1) is 21.3. The van der Waals surface area contributed by atoms with Crippen molar-refractivity contribution in [1.82, 2.24) is 9.88 Å². The van der Waals surface area contributed by atoms with E-state index < -0.39 is 0 Å². The Kier molecular flexibility index (Phi) is 6.06. The molecule has 156 valence electrons. The van der Waals surface area contributed by atoms with Crippen molar-refractivity contribution in [2.24, 2.45) is 0 Å². The Hall–Kier alpha value is -3.41. The number of aryl methyl sites for hydroxylation is 4. The van der Waals surface area contributed by atoms with Gasteiger partial charge in [0.2, 0.25) is 5.91 Å². The zero-order valence-corrected chi connectivity index (χ0v) is 18.3. The highest BCUT2D eigenvalue weighted by Gasteiger charge is 2.19. The Labute approximate surface area is 176 Å². The van der Waals surface area contributed by atoms with Gasteiger partial charge in [0.15, 0.2) is 0 Å². The van der Waals surface area contributed by atoms with Gasteiger partial charge < -0.3 is 15.0 Å². The number of pyridine rings is 1. The van der Waals surface area contributed by atoms with Crippen molar-refractivity contribution in [3.05, 3.63) is 64.3 Å². The fraction of sp³-hybridized carbons (Fsp3) is 0.292. The molecule has 30 heavy (non-hydrogen) atoms. The number of ether oxygens (including phenoxy) is 1. The van der Waals surface area contributed by atoms with E-state index in [1.165, 1.54) is 4.90 Å². The second-order valence-electron chi connectivity index (χ2n) is 7.66. The molecule has 0 spiro atoms. The van der Waals surface area contributed by atoms with Crippen molar-refractivity contribution < 1.29 is 14.3 Å². The van der Waals surface area contributed by atoms with Gasteiger partial charge in [0, 0.05) is 24.2 Å². The van der Waals surface area contributed by atoms with Crippen LogP contribution in [0.2, 0.25) is 0 Å². The van der Waals surface area contributed by atoms with Gasteiger partial charge in [0.05, 0.1) is 30.4 Å². The Morgan fingerprint density at radius 3 is 2.33 bits per heavy atom. The number of carbonyl (C=O) groups is 2. The van der Waals surface area contributed by atoms with Crippen LogP contribution in [0.1, 0.15) is 32.7 Å². The fourth-order valence-corrected chi connectivity index (χ4v) is 3.64. The van der Waals surface area contributed by atoms with Gasteiger partial charge in [-0.05, 0) is 57.0 Å². The minimum atomic E-state index is -0.245. The van der Waals surface area contributed by atoms with Crippen LogP contribution in [0.15, 0.2) is 36.4 Å². The number of hydrogen-bond donors (Lipinski definition) is 1. The summed E-state index contributed by atoms with van der Waals surface area (Å²) in [5, 5.41) is 3.78. The highest BCUT2D eigenvalue weighted by molar-refractivity contribution is 6.02. The highest BCUT2D eigenvalue weighted by atomic mass is 16.5. The molecule has 0 aliphatic rings. The van der Waals surface area contributed by atoms with Crippen LogP contribution in [0.25, 0.3) is 10.9 Å². The third-order valence-electron chi connectivity index (χ3n) is 5.11. The largest absolute Gasteiger partial charge is 0.497 e. The summed E-state index contributed by atoms with van der Waals surface area (Å²) in [5.41, 5.74) is 5.79. The van der Waals surface area contributed by atoms with Gasteiger partial charge in [-0.25, -0.2) is 0 Å². The van der Waals surface area contributed by atoms with Gasteiger partial charge in [0.1, 0.15) is 5.75 Å². The lowest BCUT2D eigenvalue weighted by Gasteiger charge is -2.19. The van der Waals surface area contributed by atoms with E-state index in [9.17, 15) is 9.59 Å². The monoisotopic (exact) mass is 405 g/mol. The molecule has 0 aliphatic heterocycles. The molecule has 0 fully saturated rings. The Morgan fingerprint density at radius 1 is 1.03 bits per heavy atom. The SMILES string of the molecule is COc1ccc2cc(C(=O)N(C)CC(=O)Nc3c(C)cc(C)cc3C)c(C)nc2c1. The van der Waals surface area contributed by atoms with Crippen molar-refractivity contribution in [2.75, 3.05) is 26.0 Å². The molecule has 6 nitrogen and oxygen atoms in total. The smallest absolute Gasteiger partial charge is 0.255 e. The van der Waals surface area contributed by atoms with Crippen LogP contribution in [-0.4, -0.2) is 42.4 Å². The topological polar surface area (TPSA) is 71.5 Å². The second-order valence-corrected chi connectivity index (χ2v) is 7.66. The number of nitrogens with one attached hydrogen (secondary N) is 1. The molecule has 0 atom stereocenters. The summed E-state index contributed by atoms with van der Waals surface area (Å²) in [6, 6.07) is 11.4. The molecule has 0 saturated carbocycles. The number of amides is 2. The molecule has 2 amide bonds. The van der Waals surface area contributed by atoms with Gasteiger partial charge in [-0.1, -0.05) is 17.7 Å². The van der Waals surface area contributed by atoms with E-state index in [0.717, 1.165) is 33.3 Å². The van der Waals surface area contributed by atoms with E-state index in [-0.39, 0.29) is 18.4 Å². The Morgan fingerprint density at radius 2 is 1.70 bits per heavy atom. The number of likely N-dealkylation sites (N-methyl/N-ethyl adjacent to an activating group) is 1. The third kappa shape index (κ3) is 4.43. The maximum atomic E-state index is 13.0. The van der Waals surface area contributed by atoms with E-state index in [4.69, 9.17) is 4.74 Å². The van der Waals surface area contributed by atoms with Crippen molar-refractivity contribution in [3.8, 4) is 5.75 Å². The van der Waals surface area contributed by atoms with E-state index in [1.54, 1.807) is 21.1 Å². The molecule has 1 N–H and O–H groups in total. The number of nitrogens with zero attached hydrogens (tertiary/aromatic N) is 2. The van der Waals surface area contributed by atoms with Crippen LogP contribution < -0.4 is 10.1 Å². The maximum Gasteiger partial charge on any atom is 0.255 e. The summed E-state index contributed by atoms with van der Waals surface area (Å²) in [6.45, 7) is 7.69. The summed E-state index contributed by atoms with van der Waals surface area (Å²) in [7, 11) is 3.22. The van der Waals surface area contributed by atoms with Crippen LogP contribution >= 0.6 is 0 Å². The quantitative estimate of drug-likeness (QED) is 0.691. The van der Waals surface area contributed by atoms with Crippen LogP contribution in [-0.2, 0) is 4.79 Å². The van der Waals surface area contributed by atoms with E-state index in [1.807, 2.05) is 57.2 Å². The van der Waals surface area contributed by atoms with Crippen molar-refractivity contribution >= 4 is 28.4 Å². The number of benzene rings is 2. The molecule has 2 aromatic carbocycles. The van der Waals surface area contributed by atoms with Crippen molar-refractivity contribution in [3.63, 3.8) is 0 Å². The molecule has 1 heterocycles. The summed E-state index contributed by atoms with van der Waals surface area (Å²) in [6.07, 6.45) is 0. The molecule has 0 unspecified atom stereocenters. The predicted octanol–water partition coefficient (Wildman–Crippen LogP) is 4.19. The first-order chi connectivity index (χ1) is 14.2. The number of fused-ring (bicyclic) bond motifs is 1. The number of rotatable bonds is 5. The first-order valence-electron chi connectivity index (χ1n) is 9.78. The summed E-state index contributed by atoms with van der Waals surface area (Å²) >= 11 is 0. The minimum Gasteiger partial charge on any atom is -0.497 e. The van der Waals surface area contributed by atoms with Crippen LogP contribution in [0.3, 0.4) is 0 Å². The van der Waals surface area contributed by atoms with E-state index >= 15 is 0 Å². The Balaban J connectivity index is 1.77. The molecule has 0 radical (unpaired) electrons. The highest BCUT2D eigenvalue weighted by Crippen LogP contribution is 2.23. The molecule has 0 bridgehead atoms. The van der Waals surface area contributed by atoms with Crippen molar-refractivity contribution in [1.29, 1.82) is 0 Å². The lowest BCUT2D eigenvalue weighted by Crippen LogP contribution is -2.35. The average molecular weight is 405 g/mol. The fourth-order valence-electron chi connectivity index (χ4n) is 3.64. The maximum absolute atomic E-state index is 13.0. The van der Waals surface area contributed by atoms with Gasteiger partial charge in [-0.3, -0.25) is 14.6 Å². The predicted molar refractivity (Wildman–Crippen MR) is 119 cm³/mol. The van der Waals surface area contributed by atoms with Gasteiger partial charge in [-0.15, -0.1) is 0 Å². The number of anilines is 1. The molecule has 3 rings (SSSR count). The standard InChI is InChI=1S/C24H27N3O3/c1-14-9-15(2)23(16(3)10-14)26-22(28)13-27(5)24(29)20-11-18-7-8-19(30-6)12-21(18)25-17(20)4/h7-12H,13H2,1-6H3,(H,26,28). The average Bonchev–Trinajstić information content (AvgIpc) is 2.69. The summed E-state index contributed by atoms with van der Waals surface area (Å²) in [5.74, 6) is 0.228. The zero-order valence-electron chi connectivity index (χ0n) is 18.3. The molecule has 1 aromatic heterocycles. The zero-order chi connectivity index (χ0) is 22.0. The molecule has 0 aliphatic carbocycles. The van der Waals surface area contributed by atoms with Gasteiger partial charge >= 0.3 is 0 Å². The number of methoxy groups -OCH3 is 1. The molecule has 3 aromatic rings. The molecular formula is C24H27N3O3. The molecule has 6 heteroatoms. The van der Waals surface area contributed by atoms with Crippen LogP contribution in [0.5, 0.6) is 5.75 Å². The first-order valence-corrected chi connectivity index (χ1v) is 9.78. The van der Waals surface area contributed by atoms with Crippen LogP contribution in [0.4, 0.5) is 5.69 Å².